The van der Waals surface area contributed by atoms with Crippen molar-refractivity contribution in [2.45, 2.75) is 86.6 Å². The van der Waals surface area contributed by atoms with Gasteiger partial charge in [-0.3, -0.25) is 4.79 Å². The Morgan fingerprint density at radius 1 is 0.773 bits per heavy atom. The summed E-state index contributed by atoms with van der Waals surface area (Å²) in [6, 6.07) is 22.5. The Kier molecular flexibility index (Phi) is 18.4. The molecule has 3 aromatic carbocycles. The van der Waals surface area contributed by atoms with E-state index in [1.807, 2.05) is 50.2 Å². The second-order valence-electron chi connectivity index (χ2n) is 11.6. The van der Waals surface area contributed by atoms with Crippen molar-refractivity contribution in [2.24, 2.45) is 23.3 Å². The highest BCUT2D eigenvalue weighted by molar-refractivity contribution is 6.10. The third kappa shape index (κ3) is 12.9. The van der Waals surface area contributed by atoms with E-state index in [0.717, 1.165) is 95.4 Å². The lowest BCUT2D eigenvalue weighted by molar-refractivity contribution is -0.659. The number of primary amides is 1. The number of hydrogen-bond acceptors (Lipinski definition) is 5. The molecule has 0 aliphatic rings. The van der Waals surface area contributed by atoms with Crippen LogP contribution in [0, 0.1) is 11.8 Å². The zero-order chi connectivity index (χ0) is 33.1. The fraction of sp³-hybridized carbons (Fsp3) is 0.459. The third-order valence-electron chi connectivity index (χ3n) is 6.97. The third-order valence-corrected chi connectivity index (χ3v) is 6.97. The average Bonchev–Trinajstić information content (AvgIpc) is 2.98. The van der Waals surface area contributed by atoms with Crippen molar-refractivity contribution < 1.29 is 14.5 Å². The number of aryl methyl sites for hydroxylation is 1. The summed E-state index contributed by atoms with van der Waals surface area (Å²) in [4.78, 5) is 11.1. The second-order valence-corrected chi connectivity index (χ2v) is 11.6. The molecule has 7 nitrogen and oxygen atoms in total. The Balaban J connectivity index is 0.000000582. The van der Waals surface area contributed by atoms with Crippen molar-refractivity contribution in [1.29, 1.82) is 0 Å². The van der Waals surface area contributed by atoms with Gasteiger partial charge in [-0.05, 0) is 80.5 Å². The van der Waals surface area contributed by atoms with Gasteiger partial charge in [-0.2, -0.15) is 4.57 Å². The lowest BCUT2D eigenvalue weighted by atomic mass is 9.98. The minimum atomic E-state index is -0.243. The number of amides is 1. The molecule has 0 spiro atoms. The first kappa shape index (κ1) is 38.3. The molecule has 1 aromatic heterocycles. The smallest absolute Gasteiger partial charge is 0.220 e. The first-order valence-electron chi connectivity index (χ1n) is 16.2. The van der Waals surface area contributed by atoms with Gasteiger partial charge in [-0.15, -0.1) is 0 Å². The molecule has 0 aliphatic heterocycles. The number of nitrogens with zero attached hydrogens (tertiary/aromatic N) is 1. The highest BCUT2D eigenvalue weighted by Gasteiger charge is 2.23. The van der Waals surface area contributed by atoms with Crippen molar-refractivity contribution in [1.82, 2.24) is 0 Å². The van der Waals surface area contributed by atoms with Crippen molar-refractivity contribution in [3.05, 3.63) is 66.7 Å². The van der Waals surface area contributed by atoms with Crippen LogP contribution in [-0.4, -0.2) is 24.2 Å². The predicted octanol–water partition coefficient (Wildman–Crippen LogP) is 7.20. The van der Waals surface area contributed by atoms with E-state index in [1.54, 1.807) is 0 Å². The lowest BCUT2D eigenvalue weighted by Crippen LogP contribution is -2.37. The number of aliphatic hydroxyl groups excluding tert-OH is 1. The fourth-order valence-electron chi connectivity index (χ4n) is 4.74. The molecule has 0 saturated carbocycles. The van der Waals surface area contributed by atoms with Crippen LogP contribution >= 0.6 is 0 Å². The maximum absolute atomic E-state index is 11.1. The van der Waals surface area contributed by atoms with Crippen LogP contribution in [-0.2, 0) is 11.3 Å². The number of benzene rings is 3. The molecule has 0 radical (unpaired) electrons. The zero-order valence-electron chi connectivity index (χ0n) is 28.0. The highest BCUT2D eigenvalue weighted by atomic mass is 16.3. The van der Waals surface area contributed by atoms with Gasteiger partial charge >= 0.3 is 0 Å². The number of nitrogens with two attached hydrogens (primary N) is 4. The van der Waals surface area contributed by atoms with Crippen molar-refractivity contribution in [3.63, 3.8) is 0 Å². The maximum Gasteiger partial charge on any atom is 0.220 e. The zero-order valence-corrected chi connectivity index (χ0v) is 28.0. The van der Waals surface area contributed by atoms with Crippen LogP contribution in [0.4, 0.5) is 11.4 Å². The summed E-state index contributed by atoms with van der Waals surface area (Å²) in [7, 11) is 0. The van der Waals surface area contributed by atoms with E-state index in [1.165, 1.54) is 0 Å². The Morgan fingerprint density at radius 3 is 1.86 bits per heavy atom. The molecular weight excluding hydrogens is 546 g/mol. The van der Waals surface area contributed by atoms with Crippen molar-refractivity contribution in [2.75, 3.05) is 24.6 Å². The topological polar surface area (TPSA) is 145 Å². The Hall–Kier alpha value is -3.68. The normalized spacial score (nSPS) is 10.5. The molecule has 44 heavy (non-hydrogen) atoms. The summed E-state index contributed by atoms with van der Waals surface area (Å²) in [6.45, 7) is 14.5. The molecule has 9 N–H and O–H groups in total. The van der Waals surface area contributed by atoms with Crippen LogP contribution in [0.25, 0.3) is 32.9 Å². The van der Waals surface area contributed by atoms with E-state index in [9.17, 15) is 4.79 Å². The van der Waals surface area contributed by atoms with Gasteiger partial charge < -0.3 is 28.0 Å². The molecule has 242 valence electrons. The molecular formula is C37H58N5O2+. The Morgan fingerprint density at radius 2 is 1.36 bits per heavy atom. The van der Waals surface area contributed by atoms with Gasteiger partial charge in [-0.1, -0.05) is 65.8 Å². The van der Waals surface area contributed by atoms with E-state index in [0.29, 0.717) is 18.9 Å². The Bertz CT molecular complexity index is 1380. The molecule has 1 amide bonds. The van der Waals surface area contributed by atoms with Gasteiger partial charge in [0.15, 0.2) is 0 Å². The number of anilines is 2. The van der Waals surface area contributed by atoms with Crippen molar-refractivity contribution in [3.8, 4) is 11.3 Å². The predicted molar refractivity (Wildman–Crippen MR) is 190 cm³/mol. The quantitative estimate of drug-likeness (QED) is 0.0532. The first-order chi connectivity index (χ1) is 21.1. The molecule has 0 bridgehead atoms. The van der Waals surface area contributed by atoms with Crippen LogP contribution in [0.2, 0.25) is 0 Å². The molecule has 0 atom stereocenters. The number of carbonyl (C=O) groups is 1. The number of aliphatic hydroxyl groups is 1. The van der Waals surface area contributed by atoms with E-state index in [2.05, 4.69) is 62.6 Å². The summed E-state index contributed by atoms with van der Waals surface area (Å²) in [5.41, 5.74) is 27.7. The summed E-state index contributed by atoms with van der Waals surface area (Å²) in [5, 5.41) is 11.7. The standard InChI is InChI=1S/C25H26N4O.C5H13N.C5H12O.C2H6/c26-18-10-12-20-21-13-11-19(27)16-23(21)29(14-6-2-5-9-24(28)30)25(22(20)15-18)17-7-3-1-4-8-17;2*1-5(2)3-4-6;1-2/h1,3-4,7-8,10-13,15-16,27H,2,5-6,9,14,26H2,(H2,28,30);5H,3-4,6H2,1-2H3;5-6H,3-4H2,1-2H3;1-2H3/p+1. The van der Waals surface area contributed by atoms with Gasteiger partial charge in [0.1, 0.15) is 6.54 Å². The second kappa shape index (κ2) is 21.1. The lowest BCUT2D eigenvalue weighted by Gasteiger charge is -2.13. The van der Waals surface area contributed by atoms with Gasteiger partial charge in [0.05, 0.1) is 10.8 Å². The summed E-state index contributed by atoms with van der Waals surface area (Å²) in [5.74, 6) is 1.18. The SMILES string of the molecule is CC.CC(C)CCN.CC(C)CCO.NC(=O)CCCCC[n+]1c(-c2ccccc2)c2cc(N)ccc2c2ccc(N)cc21. The molecule has 0 fully saturated rings. The van der Waals surface area contributed by atoms with E-state index in [-0.39, 0.29) is 5.91 Å². The first-order valence-corrected chi connectivity index (χ1v) is 16.2. The molecule has 4 rings (SSSR count). The summed E-state index contributed by atoms with van der Waals surface area (Å²) in [6.07, 6.45) is 5.19. The van der Waals surface area contributed by atoms with Crippen LogP contribution in [0.3, 0.4) is 0 Å². The number of carbonyl (C=O) groups excluding carboxylic acids is 1. The van der Waals surface area contributed by atoms with Gasteiger partial charge in [0.2, 0.25) is 17.1 Å². The number of hydrogen-bond donors (Lipinski definition) is 5. The fourth-order valence-corrected chi connectivity index (χ4v) is 4.74. The average molecular weight is 605 g/mol. The van der Waals surface area contributed by atoms with Crippen LogP contribution in [0.15, 0.2) is 66.7 Å². The molecule has 0 aliphatic carbocycles. The molecule has 0 saturated heterocycles. The van der Waals surface area contributed by atoms with E-state index < -0.39 is 0 Å². The molecule has 1 heterocycles. The largest absolute Gasteiger partial charge is 0.399 e. The molecule has 4 aromatic rings. The number of unbranched alkanes of at least 4 members (excludes halogenated alkanes) is 2. The maximum atomic E-state index is 11.1. The molecule has 7 heteroatoms. The highest BCUT2D eigenvalue weighted by Crippen LogP contribution is 2.33. The minimum Gasteiger partial charge on any atom is -0.399 e. The van der Waals surface area contributed by atoms with Crippen LogP contribution in [0.5, 0.6) is 0 Å². The van der Waals surface area contributed by atoms with Crippen LogP contribution < -0.4 is 27.5 Å². The van der Waals surface area contributed by atoms with E-state index >= 15 is 0 Å². The number of nitrogen functional groups attached to an aromatic ring is 2. The van der Waals surface area contributed by atoms with Crippen LogP contribution in [0.1, 0.15) is 80.1 Å². The van der Waals surface area contributed by atoms with Gasteiger partial charge in [-0.25, -0.2) is 0 Å². The van der Waals surface area contributed by atoms with E-state index in [4.69, 9.17) is 28.0 Å². The summed E-state index contributed by atoms with van der Waals surface area (Å²) >= 11 is 0. The minimum absolute atomic E-state index is 0.243. The number of aromatic nitrogens is 1. The monoisotopic (exact) mass is 604 g/mol. The molecule has 0 unspecified atom stereocenters. The van der Waals surface area contributed by atoms with Gasteiger partial charge in [0.25, 0.3) is 0 Å². The number of rotatable bonds is 11. The van der Waals surface area contributed by atoms with Crippen molar-refractivity contribution >= 4 is 39.0 Å². The number of pyridine rings is 1. The Labute approximate surface area is 265 Å². The van der Waals surface area contributed by atoms with Gasteiger partial charge in [0, 0.05) is 47.8 Å². The summed E-state index contributed by atoms with van der Waals surface area (Å²) < 4.78 is 2.34. The number of fused-ring (bicyclic) bond motifs is 3.